The lowest BCUT2D eigenvalue weighted by Crippen LogP contribution is -2.41. The number of hydrogen-bond donors (Lipinski definition) is 2. The van der Waals surface area contributed by atoms with E-state index in [-0.39, 0.29) is 10.7 Å². The molecule has 3 aromatic rings. The minimum Gasteiger partial charge on any atom is -0.351 e. The molecule has 5 amide bonds. The number of anilines is 1. The van der Waals surface area contributed by atoms with Crippen LogP contribution in [0.2, 0.25) is 0 Å². The van der Waals surface area contributed by atoms with Gasteiger partial charge in [0.25, 0.3) is 5.91 Å². The van der Waals surface area contributed by atoms with Crippen molar-refractivity contribution in [1.82, 2.24) is 14.5 Å². The Morgan fingerprint density at radius 1 is 1.11 bits per heavy atom. The van der Waals surface area contributed by atoms with Gasteiger partial charge in [0.15, 0.2) is 0 Å². The molecule has 0 spiro atoms. The fraction of sp³-hybridized carbons (Fsp3) is 0.217. The number of thioether (sulfide) groups is 1. The van der Waals surface area contributed by atoms with E-state index in [2.05, 4.69) is 10.3 Å². The number of alkyl halides is 3. The predicted molar refractivity (Wildman–Crippen MR) is 129 cm³/mol. The summed E-state index contributed by atoms with van der Waals surface area (Å²) in [7, 11) is 0. The molecule has 10 nitrogen and oxygen atoms in total. The fourth-order valence-corrected chi connectivity index (χ4v) is 7.28. The Kier molecular flexibility index (Phi) is 6.35. The number of fused-ring (bicyclic) bond motifs is 2. The number of hydrogen-bond acceptors (Lipinski definition) is 8. The van der Waals surface area contributed by atoms with Crippen LogP contribution in [0, 0.1) is 5.92 Å². The summed E-state index contributed by atoms with van der Waals surface area (Å²) >= 11 is 1.63. The summed E-state index contributed by atoms with van der Waals surface area (Å²) < 4.78 is 40.2. The number of nitrogens with zero attached hydrogens (tertiary/aromatic N) is 3. The third kappa shape index (κ3) is 4.36. The molecule has 2 aliphatic heterocycles. The van der Waals surface area contributed by atoms with Crippen molar-refractivity contribution in [1.29, 1.82) is 0 Å². The average molecular weight is 564 g/mol. The zero-order valence-corrected chi connectivity index (χ0v) is 20.6. The van der Waals surface area contributed by atoms with Crippen LogP contribution >= 0.6 is 23.1 Å². The van der Waals surface area contributed by atoms with Gasteiger partial charge in [0.1, 0.15) is 11.8 Å². The van der Waals surface area contributed by atoms with E-state index in [0.717, 1.165) is 45.9 Å². The van der Waals surface area contributed by atoms with Crippen molar-refractivity contribution in [3.8, 4) is 0 Å². The van der Waals surface area contributed by atoms with Crippen molar-refractivity contribution in [2.45, 2.75) is 28.9 Å². The lowest BCUT2D eigenvalue weighted by atomic mass is 9.84. The Balaban J connectivity index is 1.51. The van der Waals surface area contributed by atoms with Crippen LogP contribution in [0.15, 0.2) is 58.6 Å². The molecule has 0 radical (unpaired) electrons. The van der Waals surface area contributed by atoms with Gasteiger partial charge in [-0.2, -0.15) is 18.1 Å². The van der Waals surface area contributed by atoms with Gasteiger partial charge in [-0.15, -0.1) is 0 Å². The zero-order chi connectivity index (χ0) is 27.4. The predicted octanol–water partition coefficient (Wildman–Crippen LogP) is 2.63. The van der Waals surface area contributed by atoms with Crippen molar-refractivity contribution in [3.05, 3.63) is 74.5 Å². The fourth-order valence-electron chi connectivity index (χ4n) is 4.51. The molecule has 0 bridgehead atoms. The second-order valence-electron chi connectivity index (χ2n) is 8.43. The van der Waals surface area contributed by atoms with E-state index in [1.165, 1.54) is 18.5 Å². The molecule has 2 aromatic heterocycles. The largest absolute Gasteiger partial charge is 0.416 e. The standard InChI is InChI=1S/C23H16F3N5O5S2/c24-23(25,26)11-4-1-5-12(7-11)29-13(32)9-30-20-17(38-22(30)36)14(10-3-2-6-28-8-10)15-16(37-20)19(34)31(18(15)33)21(27)35/h1-8,14-16H,9H2,(H2,27,35)(H,29,32)/t14-,15?,16?/m0/s1. The first-order valence-corrected chi connectivity index (χ1v) is 12.6. The number of likely N-dealkylation sites (tertiary alicyclic amines) is 1. The van der Waals surface area contributed by atoms with Crippen LogP contribution < -0.4 is 15.9 Å². The number of aromatic nitrogens is 2. The summed E-state index contributed by atoms with van der Waals surface area (Å²) in [5.74, 6) is -4.27. The van der Waals surface area contributed by atoms with Gasteiger partial charge < -0.3 is 11.1 Å². The van der Waals surface area contributed by atoms with Crippen LogP contribution in [-0.2, 0) is 27.1 Å². The molecule has 5 rings (SSSR count). The van der Waals surface area contributed by atoms with Gasteiger partial charge in [-0.25, -0.2) is 4.79 Å². The van der Waals surface area contributed by atoms with Gasteiger partial charge in [0, 0.05) is 28.9 Å². The first-order chi connectivity index (χ1) is 18.0. The third-order valence-electron chi connectivity index (χ3n) is 6.09. The molecule has 3 atom stereocenters. The second-order valence-corrected chi connectivity index (χ2v) is 10.6. The highest BCUT2D eigenvalue weighted by molar-refractivity contribution is 8.00. The van der Waals surface area contributed by atoms with Crippen LogP contribution in [0.25, 0.3) is 0 Å². The normalized spacial score (nSPS) is 20.7. The number of amides is 5. The lowest BCUT2D eigenvalue weighted by molar-refractivity contribution is -0.138. The molecule has 4 heterocycles. The van der Waals surface area contributed by atoms with E-state index in [9.17, 15) is 37.1 Å². The molecule has 1 saturated heterocycles. The smallest absolute Gasteiger partial charge is 0.351 e. The molecule has 0 aliphatic carbocycles. The Morgan fingerprint density at radius 3 is 2.53 bits per heavy atom. The number of carbonyl (C=O) groups is 4. The van der Waals surface area contributed by atoms with Gasteiger partial charge in [-0.3, -0.25) is 28.7 Å². The highest BCUT2D eigenvalue weighted by Gasteiger charge is 2.58. The van der Waals surface area contributed by atoms with E-state index < -0.39 is 64.0 Å². The first kappa shape index (κ1) is 25.7. The molecule has 2 aliphatic rings. The van der Waals surface area contributed by atoms with Crippen LogP contribution in [0.4, 0.5) is 23.7 Å². The number of primary amides is 1. The third-order valence-corrected chi connectivity index (χ3v) is 8.69. The number of nitrogens with two attached hydrogens (primary N) is 1. The SMILES string of the molecule is NC(=O)N1C(=O)C2Sc3c(sc(=O)n3CC(=O)Nc3cccc(C(F)(F)F)c3)[C@@H](c3cccnc3)C2C1=O. The Hall–Kier alpha value is -3.98. The van der Waals surface area contributed by atoms with Crippen molar-refractivity contribution in [3.63, 3.8) is 0 Å². The summed E-state index contributed by atoms with van der Waals surface area (Å²) in [6.07, 6.45) is -1.63. The molecule has 196 valence electrons. The molecule has 15 heteroatoms. The van der Waals surface area contributed by atoms with Crippen molar-refractivity contribution in [2.24, 2.45) is 11.7 Å². The van der Waals surface area contributed by atoms with E-state index in [0.29, 0.717) is 15.3 Å². The maximum Gasteiger partial charge on any atom is 0.416 e. The van der Waals surface area contributed by atoms with Crippen LogP contribution in [0.1, 0.15) is 21.9 Å². The van der Waals surface area contributed by atoms with Gasteiger partial charge in [0.05, 0.1) is 16.5 Å². The van der Waals surface area contributed by atoms with Gasteiger partial charge in [0.2, 0.25) is 11.8 Å². The van der Waals surface area contributed by atoms with Crippen LogP contribution in [0.5, 0.6) is 0 Å². The number of halogens is 3. The quantitative estimate of drug-likeness (QED) is 0.465. The summed E-state index contributed by atoms with van der Waals surface area (Å²) in [5, 5.41) is 1.49. The topological polar surface area (TPSA) is 144 Å². The number of thiazole rings is 1. The van der Waals surface area contributed by atoms with Crippen molar-refractivity contribution >= 4 is 52.5 Å². The first-order valence-electron chi connectivity index (χ1n) is 10.9. The second kappa shape index (κ2) is 9.40. The average Bonchev–Trinajstić information content (AvgIpc) is 3.30. The maximum absolute atomic E-state index is 13.1. The number of carbonyl (C=O) groups excluding carboxylic acids is 4. The number of imide groups is 3. The minimum atomic E-state index is -4.61. The number of pyridine rings is 1. The van der Waals surface area contributed by atoms with Crippen LogP contribution in [0.3, 0.4) is 0 Å². The molecule has 1 aromatic carbocycles. The lowest BCUT2D eigenvalue weighted by Gasteiger charge is -2.30. The van der Waals surface area contributed by atoms with E-state index in [1.807, 2.05) is 0 Å². The maximum atomic E-state index is 13.1. The number of urea groups is 1. The van der Waals surface area contributed by atoms with Crippen molar-refractivity contribution < 1.29 is 32.3 Å². The van der Waals surface area contributed by atoms with Crippen molar-refractivity contribution in [2.75, 3.05) is 5.32 Å². The summed E-state index contributed by atoms with van der Waals surface area (Å²) in [6.45, 7) is -0.563. The summed E-state index contributed by atoms with van der Waals surface area (Å²) in [4.78, 5) is 68.0. The highest BCUT2D eigenvalue weighted by atomic mass is 32.2. The Morgan fingerprint density at radius 2 is 1.87 bits per heavy atom. The van der Waals surface area contributed by atoms with Gasteiger partial charge in [-0.1, -0.05) is 35.2 Å². The highest BCUT2D eigenvalue weighted by Crippen LogP contribution is 2.53. The number of rotatable bonds is 4. The molecule has 2 unspecified atom stereocenters. The van der Waals surface area contributed by atoms with E-state index in [4.69, 9.17) is 5.73 Å². The molecule has 38 heavy (non-hydrogen) atoms. The zero-order valence-electron chi connectivity index (χ0n) is 19.0. The van der Waals surface area contributed by atoms with E-state index >= 15 is 0 Å². The van der Waals surface area contributed by atoms with Crippen LogP contribution in [-0.4, -0.2) is 43.5 Å². The van der Waals surface area contributed by atoms with Gasteiger partial charge in [-0.05, 0) is 29.8 Å². The monoisotopic (exact) mass is 563 g/mol. The number of nitrogens with one attached hydrogen (secondary N) is 1. The summed E-state index contributed by atoms with van der Waals surface area (Å²) in [5.41, 5.74) is 4.72. The molecule has 1 fully saturated rings. The Labute approximate surface area is 219 Å². The molecule has 3 N–H and O–H groups in total. The van der Waals surface area contributed by atoms with E-state index in [1.54, 1.807) is 12.1 Å². The summed E-state index contributed by atoms with van der Waals surface area (Å²) in [6, 6.07) is 6.09. The Bertz CT molecular complexity index is 1540. The molecular formula is C23H16F3N5O5S2. The molecular weight excluding hydrogens is 547 g/mol. The molecule has 0 saturated carbocycles. The number of benzene rings is 1. The minimum absolute atomic E-state index is 0.114. The van der Waals surface area contributed by atoms with Gasteiger partial charge >= 0.3 is 17.1 Å².